The number of hydrogen-bond acceptors (Lipinski definition) is 4. The Hall–Kier alpha value is -1.85. The average Bonchev–Trinajstić information content (AvgIpc) is 2.25. The number of rotatable bonds is 5. The van der Waals surface area contributed by atoms with Crippen molar-refractivity contribution in [2.45, 2.75) is 32.2 Å². The highest BCUT2D eigenvalue weighted by Gasteiger charge is 2.34. The van der Waals surface area contributed by atoms with Crippen LogP contribution in [-0.4, -0.2) is 26.6 Å². The predicted molar refractivity (Wildman–Crippen MR) is 59.4 cm³/mol. The quantitative estimate of drug-likeness (QED) is 0.689. The number of nitrogens with one attached hydrogen (secondary N) is 2. The van der Waals surface area contributed by atoms with Crippen molar-refractivity contribution >= 4 is 11.8 Å². The van der Waals surface area contributed by atoms with Gasteiger partial charge in [-0.2, -0.15) is 0 Å². The summed E-state index contributed by atoms with van der Waals surface area (Å²) in [5, 5.41) is 12.0. The smallest absolute Gasteiger partial charge is 0.329 e. The first-order valence-corrected chi connectivity index (χ1v) is 5.10. The summed E-state index contributed by atoms with van der Waals surface area (Å²) in [6, 6.07) is 1.24. The lowest BCUT2D eigenvalue weighted by Gasteiger charge is -2.28. The van der Waals surface area contributed by atoms with Gasteiger partial charge in [0.1, 0.15) is 11.4 Å². The minimum atomic E-state index is -1.07. The molecule has 0 spiro atoms. The Morgan fingerprint density at radius 1 is 1.56 bits per heavy atom. The Morgan fingerprint density at radius 3 is 2.62 bits per heavy atom. The first kappa shape index (κ1) is 12.2. The zero-order valence-electron chi connectivity index (χ0n) is 9.28. The molecule has 0 aliphatic heterocycles. The summed E-state index contributed by atoms with van der Waals surface area (Å²) in [4.78, 5) is 28.5. The maximum absolute atomic E-state index is 11.2. The van der Waals surface area contributed by atoms with Crippen LogP contribution in [0.1, 0.15) is 26.7 Å². The van der Waals surface area contributed by atoms with Crippen LogP contribution in [0.25, 0.3) is 0 Å². The van der Waals surface area contributed by atoms with E-state index < -0.39 is 11.5 Å². The van der Waals surface area contributed by atoms with Gasteiger partial charge in [0.2, 0.25) is 0 Å². The molecule has 0 saturated carbocycles. The predicted octanol–water partition coefficient (Wildman–Crippen LogP) is 0.825. The van der Waals surface area contributed by atoms with Crippen LogP contribution in [0.2, 0.25) is 0 Å². The molecule has 0 amide bonds. The Bertz CT molecular complexity index is 423. The monoisotopic (exact) mass is 225 g/mol. The van der Waals surface area contributed by atoms with E-state index in [0.717, 1.165) is 0 Å². The van der Waals surface area contributed by atoms with Gasteiger partial charge in [0.25, 0.3) is 5.56 Å². The SMILES string of the molecule is CCC(CC)(Nc1cc(=O)[nH]cn1)C(=O)O. The molecule has 0 fully saturated rings. The van der Waals surface area contributed by atoms with E-state index in [-0.39, 0.29) is 11.4 Å². The van der Waals surface area contributed by atoms with E-state index in [2.05, 4.69) is 15.3 Å². The summed E-state index contributed by atoms with van der Waals surface area (Å²) in [5.74, 6) is -0.672. The van der Waals surface area contributed by atoms with Crippen molar-refractivity contribution in [1.82, 2.24) is 9.97 Å². The van der Waals surface area contributed by atoms with Crippen LogP contribution in [0.4, 0.5) is 5.82 Å². The molecular formula is C10H15N3O3. The second-order valence-electron chi connectivity index (χ2n) is 3.52. The third-order valence-electron chi connectivity index (χ3n) is 2.66. The average molecular weight is 225 g/mol. The molecule has 6 heteroatoms. The fourth-order valence-corrected chi connectivity index (χ4v) is 1.46. The van der Waals surface area contributed by atoms with E-state index in [9.17, 15) is 14.7 Å². The molecule has 0 bridgehead atoms. The highest BCUT2D eigenvalue weighted by molar-refractivity contribution is 5.82. The standard InChI is InChI=1S/C10H15N3O3/c1-3-10(4-2,9(15)16)13-7-5-8(14)12-6-11-7/h5-6H,3-4H2,1-2H3,(H,15,16)(H2,11,12,13,14). The number of carbonyl (C=O) groups is 1. The summed E-state index contributed by atoms with van der Waals surface area (Å²) >= 11 is 0. The van der Waals surface area contributed by atoms with Crippen molar-refractivity contribution in [2.75, 3.05) is 5.32 Å². The zero-order valence-corrected chi connectivity index (χ0v) is 9.28. The summed E-state index contributed by atoms with van der Waals surface area (Å²) in [6.45, 7) is 3.55. The molecule has 6 nitrogen and oxygen atoms in total. The van der Waals surface area contributed by atoms with Gasteiger partial charge in [0, 0.05) is 6.07 Å². The number of aromatic nitrogens is 2. The van der Waals surface area contributed by atoms with Crippen LogP contribution in [0.5, 0.6) is 0 Å². The van der Waals surface area contributed by atoms with Crippen molar-refractivity contribution in [3.05, 3.63) is 22.7 Å². The normalized spacial score (nSPS) is 11.1. The number of aromatic amines is 1. The minimum Gasteiger partial charge on any atom is -0.480 e. The minimum absolute atomic E-state index is 0.273. The van der Waals surface area contributed by atoms with Crippen molar-refractivity contribution < 1.29 is 9.90 Å². The molecular weight excluding hydrogens is 210 g/mol. The van der Waals surface area contributed by atoms with Crippen LogP contribution < -0.4 is 10.9 Å². The third-order valence-corrected chi connectivity index (χ3v) is 2.66. The lowest BCUT2D eigenvalue weighted by molar-refractivity contribution is -0.142. The summed E-state index contributed by atoms with van der Waals surface area (Å²) in [5.41, 5.74) is -1.38. The number of carboxylic acid groups (broad SMARTS) is 1. The maximum atomic E-state index is 11.2. The number of H-pyrrole nitrogens is 1. The number of hydrogen-bond donors (Lipinski definition) is 3. The maximum Gasteiger partial charge on any atom is 0.329 e. The number of carboxylic acids is 1. The Labute approximate surface area is 92.7 Å². The lowest BCUT2D eigenvalue weighted by atomic mass is 9.93. The fourth-order valence-electron chi connectivity index (χ4n) is 1.46. The largest absolute Gasteiger partial charge is 0.480 e. The van der Waals surface area contributed by atoms with E-state index in [0.29, 0.717) is 12.8 Å². The number of nitrogens with zero attached hydrogens (tertiary/aromatic N) is 1. The van der Waals surface area contributed by atoms with Gasteiger partial charge in [-0.05, 0) is 12.8 Å². The summed E-state index contributed by atoms with van der Waals surface area (Å²) < 4.78 is 0. The topological polar surface area (TPSA) is 95.1 Å². The third kappa shape index (κ3) is 2.39. The molecule has 16 heavy (non-hydrogen) atoms. The lowest BCUT2D eigenvalue weighted by Crippen LogP contribution is -2.45. The molecule has 1 aromatic heterocycles. The fraction of sp³-hybridized carbons (Fsp3) is 0.500. The van der Waals surface area contributed by atoms with E-state index >= 15 is 0 Å². The number of anilines is 1. The van der Waals surface area contributed by atoms with Gasteiger partial charge in [-0.15, -0.1) is 0 Å². The van der Waals surface area contributed by atoms with Crippen molar-refractivity contribution in [3.63, 3.8) is 0 Å². The van der Waals surface area contributed by atoms with E-state index in [1.54, 1.807) is 13.8 Å². The van der Waals surface area contributed by atoms with Gasteiger partial charge in [0.15, 0.2) is 0 Å². The Kier molecular flexibility index (Phi) is 3.65. The molecule has 1 aromatic rings. The van der Waals surface area contributed by atoms with Gasteiger partial charge >= 0.3 is 5.97 Å². The molecule has 3 N–H and O–H groups in total. The molecule has 0 atom stereocenters. The molecule has 0 saturated heterocycles. The van der Waals surface area contributed by atoms with E-state index in [1.807, 2.05) is 0 Å². The molecule has 0 unspecified atom stereocenters. The van der Waals surface area contributed by atoms with Gasteiger partial charge in [-0.3, -0.25) is 4.79 Å². The Morgan fingerprint density at radius 2 is 2.19 bits per heavy atom. The first-order valence-electron chi connectivity index (χ1n) is 5.10. The molecule has 0 radical (unpaired) electrons. The summed E-state index contributed by atoms with van der Waals surface area (Å²) in [7, 11) is 0. The second-order valence-corrected chi connectivity index (χ2v) is 3.52. The highest BCUT2D eigenvalue weighted by atomic mass is 16.4. The number of aliphatic carboxylic acids is 1. The van der Waals surface area contributed by atoms with Crippen LogP contribution in [-0.2, 0) is 4.79 Å². The second kappa shape index (κ2) is 4.78. The highest BCUT2D eigenvalue weighted by Crippen LogP contribution is 2.20. The van der Waals surface area contributed by atoms with E-state index in [4.69, 9.17) is 0 Å². The molecule has 1 rings (SSSR count). The molecule has 1 heterocycles. The van der Waals surface area contributed by atoms with Crippen LogP contribution in [0, 0.1) is 0 Å². The summed E-state index contributed by atoms with van der Waals surface area (Å²) in [6.07, 6.45) is 2.06. The zero-order chi connectivity index (χ0) is 12.2. The van der Waals surface area contributed by atoms with E-state index in [1.165, 1.54) is 12.4 Å². The van der Waals surface area contributed by atoms with Crippen molar-refractivity contribution in [3.8, 4) is 0 Å². The first-order chi connectivity index (χ1) is 7.54. The van der Waals surface area contributed by atoms with Crippen LogP contribution in [0.3, 0.4) is 0 Å². The van der Waals surface area contributed by atoms with Crippen molar-refractivity contribution in [1.29, 1.82) is 0 Å². The molecule has 0 aliphatic carbocycles. The van der Waals surface area contributed by atoms with Gasteiger partial charge in [0.05, 0.1) is 6.33 Å². The van der Waals surface area contributed by atoms with Crippen LogP contribution >= 0.6 is 0 Å². The van der Waals surface area contributed by atoms with Crippen LogP contribution in [0.15, 0.2) is 17.2 Å². The molecule has 0 aromatic carbocycles. The molecule has 88 valence electrons. The Balaban J connectivity index is 3.00. The van der Waals surface area contributed by atoms with Crippen molar-refractivity contribution in [2.24, 2.45) is 0 Å². The van der Waals surface area contributed by atoms with Gasteiger partial charge in [-0.25, -0.2) is 9.78 Å². The molecule has 0 aliphatic rings. The van der Waals surface area contributed by atoms with Gasteiger partial charge in [-0.1, -0.05) is 13.8 Å². The van der Waals surface area contributed by atoms with Gasteiger partial charge < -0.3 is 15.4 Å².